The first-order valence-corrected chi connectivity index (χ1v) is 10.0. The SMILES string of the molecule is O=C1OCc2cc(N(C(=O)CCC3(c4cccc(Br)c4)CC3O)C(F)(F)F)ccc21. The molecule has 1 aliphatic carbocycles. The number of benzene rings is 2. The molecule has 9 heteroatoms. The van der Waals surface area contributed by atoms with E-state index in [1.54, 1.807) is 18.2 Å². The fraction of sp³-hybridized carbons (Fsp3) is 0.333. The predicted molar refractivity (Wildman–Crippen MR) is 105 cm³/mol. The lowest BCUT2D eigenvalue weighted by molar-refractivity contribution is -0.150. The molecule has 1 N–H and O–H groups in total. The molecule has 0 saturated heterocycles. The smallest absolute Gasteiger partial charge is 0.457 e. The van der Waals surface area contributed by atoms with Crippen LogP contribution in [0.15, 0.2) is 46.9 Å². The highest BCUT2D eigenvalue weighted by Gasteiger charge is 2.55. The van der Waals surface area contributed by atoms with Gasteiger partial charge in [0.2, 0.25) is 5.91 Å². The predicted octanol–water partition coefficient (Wildman–Crippen LogP) is 4.46. The molecule has 0 bridgehead atoms. The molecular formula is C21H17BrF3NO4. The molecule has 4 rings (SSSR count). The molecule has 1 fully saturated rings. The number of alkyl halides is 3. The van der Waals surface area contributed by atoms with Gasteiger partial charge in [-0.25, -0.2) is 9.69 Å². The van der Waals surface area contributed by atoms with E-state index < -0.39 is 36.1 Å². The molecule has 1 amide bonds. The first kappa shape index (κ1) is 20.9. The van der Waals surface area contributed by atoms with E-state index >= 15 is 0 Å². The lowest BCUT2D eigenvalue weighted by Crippen LogP contribution is -2.43. The standard InChI is InChI=1S/C21H17BrF3NO4/c22-14-3-1-2-13(9-14)20(10-17(20)27)7-6-18(28)26(21(23,24)25)15-4-5-16-12(8-15)11-30-19(16)29/h1-5,8-9,17,27H,6-7,10-11H2. The van der Waals surface area contributed by atoms with Gasteiger partial charge in [-0.1, -0.05) is 28.1 Å². The number of halogens is 4. The Hall–Kier alpha value is -2.39. The van der Waals surface area contributed by atoms with Crippen molar-refractivity contribution in [1.29, 1.82) is 0 Å². The maximum absolute atomic E-state index is 13.7. The van der Waals surface area contributed by atoms with Crippen molar-refractivity contribution >= 4 is 33.5 Å². The molecule has 1 heterocycles. The fourth-order valence-electron chi connectivity index (χ4n) is 3.94. The molecule has 1 saturated carbocycles. The molecule has 0 aromatic heterocycles. The number of anilines is 1. The number of carbonyl (C=O) groups excluding carboxylic acids is 2. The van der Waals surface area contributed by atoms with Crippen molar-refractivity contribution in [1.82, 2.24) is 0 Å². The van der Waals surface area contributed by atoms with E-state index in [1.807, 2.05) is 6.07 Å². The molecule has 0 spiro atoms. The van der Waals surface area contributed by atoms with Gasteiger partial charge in [0.1, 0.15) is 6.61 Å². The average molecular weight is 484 g/mol. The number of hydrogen-bond acceptors (Lipinski definition) is 4. The monoisotopic (exact) mass is 483 g/mol. The summed E-state index contributed by atoms with van der Waals surface area (Å²) in [6.07, 6.45) is -5.55. The third-order valence-electron chi connectivity index (χ3n) is 5.65. The molecule has 158 valence electrons. The molecule has 30 heavy (non-hydrogen) atoms. The van der Waals surface area contributed by atoms with Gasteiger partial charge in [0, 0.05) is 21.9 Å². The number of rotatable bonds is 5. The second-order valence-electron chi connectivity index (χ2n) is 7.50. The van der Waals surface area contributed by atoms with Gasteiger partial charge in [0.05, 0.1) is 17.4 Å². The minimum absolute atomic E-state index is 0.0859. The van der Waals surface area contributed by atoms with E-state index in [1.165, 1.54) is 6.07 Å². The van der Waals surface area contributed by atoms with Crippen molar-refractivity contribution in [3.63, 3.8) is 0 Å². The van der Waals surface area contributed by atoms with Crippen LogP contribution in [0.25, 0.3) is 0 Å². The van der Waals surface area contributed by atoms with Crippen molar-refractivity contribution in [2.24, 2.45) is 0 Å². The van der Waals surface area contributed by atoms with Crippen LogP contribution in [-0.4, -0.2) is 29.4 Å². The number of amides is 1. The van der Waals surface area contributed by atoms with Gasteiger partial charge in [-0.05, 0) is 48.7 Å². The number of fused-ring (bicyclic) bond motifs is 1. The lowest BCUT2D eigenvalue weighted by Gasteiger charge is -2.26. The molecule has 1 aliphatic heterocycles. The van der Waals surface area contributed by atoms with Gasteiger partial charge in [0.25, 0.3) is 0 Å². The zero-order valence-electron chi connectivity index (χ0n) is 15.6. The Morgan fingerprint density at radius 2 is 2.00 bits per heavy atom. The summed E-state index contributed by atoms with van der Waals surface area (Å²) in [5.74, 6) is -1.72. The van der Waals surface area contributed by atoms with Crippen LogP contribution < -0.4 is 4.90 Å². The summed E-state index contributed by atoms with van der Waals surface area (Å²) in [7, 11) is 0. The molecule has 2 aromatic rings. The van der Waals surface area contributed by atoms with Crippen molar-refractivity contribution in [3.8, 4) is 0 Å². The minimum Gasteiger partial charge on any atom is -0.457 e. The molecular weight excluding hydrogens is 467 g/mol. The molecule has 2 aliphatic rings. The second kappa shape index (κ2) is 7.39. The highest BCUT2D eigenvalue weighted by molar-refractivity contribution is 9.10. The largest absolute Gasteiger partial charge is 0.491 e. The third kappa shape index (κ3) is 3.72. The zero-order valence-corrected chi connectivity index (χ0v) is 17.2. The molecule has 2 atom stereocenters. The van der Waals surface area contributed by atoms with Crippen LogP contribution in [0.4, 0.5) is 18.9 Å². The van der Waals surface area contributed by atoms with Crippen LogP contribution in [0.1, 0.15) is 40.7 Å². The maximum Gasteiger partial charge on any atom is 0.491 e. The highest BCUT2D eigenvalue weighted by Crippen LogP contribution is 2.52. The van der Waals surface area contributed by atoms with Crippen LogP contribution in [0.2, 0.25) is 0 Å². The normalized spacial score (nSPS) is 22.4. The van der Waals surface area contributed by atoms with Crippen LogP contribution in [0, 0.1) is 0 Å². The highest BCUT2D eigenvalue weighted by atomic mass is 79.9. The van der Waals surface area contributed by atoms with Crippen molar-refractivity contribution < 1.29 is 32.6 Å². The average Bonchev–Trinajstić information content (AvgIpc) is 3.20. The second-order valence-corrected chi connectivity index (χ2v) is 8.42. The molecule has 2 aromatic carbocycles. The Balaban J connectivity index is 1.56. The summed E-state index contributed by atoms with van der Waals surface area (Å²) in [4.78, 5) is 24.0. The van der Waals surface area contributed by atoms with E-state index in [-0.39, 0.29) is 29.2 Å². The zero-order chi connectivity index (χ0) is 21.7. The third-order valence-corrected chi connectivity index (χ3v) is 6.14. The number of nitrogens with zero attached hydrogens (tertiary/aromatic N) is 1. The van der Waals surface area contributed by atoms with E-state index in [4.69, 9.17) is 4.74 Å². The quantitative estimate of drug-likeness (QED) is 0.503. The summed E-state index contributed by atoms with van der Waals surface area (Å²) in [5, 5.41) is 10.2. The number of ether oxygens (including phenoxy) is 1. The Morgan fingerprint density at radius 1 is 1.27 bits per heavy atom. The van der Waals surface area contributed by atoms with Gasteiger partial charge in [-0.2, -0.15) is 0 Å². The minimum atomic E-state index is -4.93. The molecule has 5 nitrogen and oxygen atoms in total. The van der Waals surface area contributed by atoms with E-state index in [0.717, 1.165) is 22.2 Å². The van der Waals surface area contributed by atoms with E-state index in [2.05, 4.69) is 15.9 Å². The summed E-state index contributed by atoms with van der Waals surface area (Å²) in [5.41, 5.74) is 0.196. The van der Waals surface area contributed by atoms with Gasteiger partial charge in [-0.15, -0.1) is 13.2 Å². The fourth-order valence-corrected chi connectivity index (χ4v) is 4.34. The number of carbonyl (C=O) groups is 2. The first-order chi connectivity index (χ1) is 14.1. The number of cyclic esters (lactones) is 1. The number of esters is 1. The van der Waals surface area contributed by atoms with Crippen molar-refractivity contribution in [2.75, 3.05) is 4.90 Å². The van der Waals surface area contributed by atoms with Gasteiger partial charge >= 0.3 is 12.3 Å². The summed E-state index contributed by atoms with van der Waals surface area (Å²) in [6.45, 7) is -0.125. The summed E-state index contributed by atoms with van der Waals surface area (Å²) >= 11 is 3.35. The Morgan fingerprint density at radius 3 is 2.63 bits per heavy atom. The number of aliphatic hydroxyl groups is 1. The van der Waals surface area contributed by atoms with Crippen molar-refractivity contribution in [2.45, 2.75) is 43.7 Å². The first-order valence-electron chi connectivity index (χ1n) is 9.26. The van der Waals surface area contributed by atoms with E-state index in [9.17, 15) is 27.9 Å². The van der Waals surface area contributed by atoms with Gasteiger partial charge in [-0.3, -0.25) is 4.79 Å². The topological polar surface area (TPSA) is 66.8 Å². The Labute approximate surface area is 178 Å². The van der Waals surface area contributed by atoms with Gasteiger partial charge < -0.3 is 9.84 Å². The number of aliphatic hydroxyl groups excluding tert-OH is 1. The summed E-state index contributed by atoms with van der Waals surface area (Å²) < 4.78 is 46.8. The number of hydrogen-bond donors (Lipinski definition) is 1. The van der Waals surface area contributed by atoms with Crippen LogP contribution in [0.5, 0.6) is 0 Å². The van der Waals surface area contributed by atoms with Crippen LogP contribution in [-0.2, 0) is 21.6 Å². The van der Waals surface area contributed by atoms with Crippen LogP contribution in [0.3, 0.4) is 0 Å². The Bertz CT molecular complexity index is 1030. The van der Waals surface area contributed by atoms with E-state index in [0.29, 0.717) is 12.0 Å². The maximum atomic E-state index is 13.7. The van der Waals surface area contributed by atoms with Crippen molar-refractivity contribution in [3.05, 3.63) is 63.6 Å². The molecule has 2 unspecified atom stereocenters. The Kier molecular flexibility index (Phi) is 5.14. The summed E-state index contributed by atoms with van der Waals surface area (Å²) in [6, 6.07) is 10.7. The van der Waals surface area contributed by atoms with Crippen LogP contribution >= 0.6 is 15.9 Å². The van der Waals surface area contributed by atoms with Gasteiger partial charge in [0.15, 0.2) is 0 Å². The lowest BCUT2D eigenvalue weighted by atomic mass is 9.90. The molecule has 0 radical (unpaired) electrons.